The van der Waals surface area contributed by atoms with Gasteiger partial charge in [-0.15, -0.1) is 0 Å². The molecule has 0 aromatic rings. The second-order valence-corrected chi connectivity index (χ2v) is 4.17. The van der Waals surface area contributed by atoms with Gasteiger partial charge in [0, 0.05) is 20.3 Å². The molecule has 0 aromatic carbocycles. The second-order valence-electron chi connectivity index (χ2n) is 4.17. The van der Waals surface area contributed by atoms with Gasteiger partial charge in [0.2, 0.25) is 0 Å². The Hall–Kier alpha value is -0.160. The molecule has 1 rings (SSSR count). The van der Waals surface area contributed by atoms with Crippen LogP contribution in [0.15, 0.2) is 0 Å². The molecule has 90 valence electrons. The number of rotatable bonds is 6. The SMILES string of the molecule is COCC(CO)NC1CCCCC1OC. The highest BCUT2D eigenvalue weighted by Crippen LogP contribution is 2.21. The Morgan fingerprint density at radius 2 is 2.07 bits per heavy atom. The van der Waals surface area contributed by atoms with E-state index in [1.807, 2.05) is 0 Å². The summed E-state index contributed by atoms with van der Waals surface area (Å²) in [5.41, 5.74) is 0. The normalized spacial score (nSPS) is 29.0. The molecule has 0 bridgehead atoms. The summed E-state index contributed by atoms with van der Waals surface area (Å²) in [7, 11) is 3.41. The van der Waals surface area contributed by atoms with E-state index in [-0.39, 0.29) is 18.8 Å². The van der Waals surface area contributed by atoms with E-state index in [9.17, 15) is 0 Å². The van der Waals surface area contributed by atoms with Crippen LogP contribution in [-0.2, 0) is 9.47 Å². The molecule has 0 saturated heterocycles. The zero-order valence-corrected chi connectivity index (χ0v) is 9.74. The maximum atomic E-state index is 9.16. The predicted molar refractivity (Wildman–Crippen MR) is 58.9 cm³/mol. The second kappa shape index (κ2) is 7.17. The summed E-state index contributed by atoms with van der Waals surface area (Å²) in [5, 5.41) is 12.6. The van der Waals surface area contributed by atoms with Gasteiger partial charge < -0.3 is 19.9 Å². The third kappa shape index (κ3) is 4.07. The van der Waals surface area contributed by atoms with Crippen molar-refractivity contribution < 1.29 is 14.6 Å². The molecule has 0 amide bonds. The first-order chi connectivity index (χ1) is 7.31. The van der Waals surface area contributed by atoms with Crippen LogP contribution < -0.4 is 5.32 Å². The fourth-order valence-electron chi connectivity index (χ4n) is 2.23. The van der Waals surface area contributed by atoms with E-state index < -0.39 is 0 Å². The molecule has 0 spiro atoms. The zero-order chi connectivity index (χ0) is 11.1. The van der Waals surface area contributed by atoms with E-state index in [0.29, 0.717) is 12.6 Å². The highest BCUT2D eigenvalue weighted by atomic mass is 16.5. The summed E-state index contributed by atoms with van der Waals surface area (Å²) >= 11 is 0. The van der Waals surface area contributed by atoms with Crippen molar-refractivity contribution in [2.24, 2.45) is 0 Å². The first-order valence-corrected chi connectivity index (χ1v) is 5.70. The Kier molecular flexibility index (Phi) is 6.17. The van der Waals surface area contributed by atoms with E-state index in [0.717, 1.165) is 12.8 Å². The molecule has 15 heavy (non-hydrogen) atoms. The van der Waals surface area contributed by atoms with Gasteiger partial charge in [-0.1, -0.05) is 12.8 Å². The molecular weight excluding hydrogens is 194 g/mol. The van der Waals surface area contributed by atoms with Crippen molar-refractivity contribution in [3.05, 3.63) is 0 Å². The number of aliphatic hydroxyl groups is 1. The lowest BCUT2D eigenvalue weighted by molar-refractivity contribution is 0.0266. The lowest BCUT2D eigenvalue weighted by Gasteiger charge is -2.33. The van der Waals surface area contributed by atoms with Crippen LogP contribution in [0, 0.1) is 0 Å². The van der Waals surface area contributed by atoms with E-state index in [2.05, 4.69) is 5.32 Å². The smallest absolute Gasteiger partial charge is 0.0724 e. The summed E-state index contributed by atoms with van der Waals surface area (Å²) in [6.07, 6.45) is 5.00. The lowest BCUT2D eigenvalue weighted by Crippen LogP contribution is -2.50. The summed E-state index contributed by atoms with van der Waals surface area (Å²) in [5.74, 6) is 0. The monoisotopic (exact) mass is 217 g/mol. The van der Waals surface area contributed by atoms with Crippen LogP contribution in [0.5, 0.6) is 0 Å². The van der Waals surface area contributed by atoms with Gasteiger partial charge in [0.05, 0.1) is 25.4 Å². The first kappa shape index (κ1) is 12.9. The Bertz CT molecular complexity index is 166. The van der Waals surface area contributed by atoms with Crippen molar-refractivity contribution in [1.29, 1.82) is 0 Å². The van der Waals surface area contributed by atoms with Gasteiger partial charge in [0.15, 0.2) is 0 Å². The number of hydrogen-bond donors (Lipinski definition) is 2. The van der Waals surface area contributed by atoms with Crippen molar-refractivity contribution in [1.82, 2.24) is 5.32 Å². The molecule has 4 nitrogen and oxygen atoms in total. The van der Waals surface area contributed by atoms with E-state index in [1.54, 1.807) is 14.2 Å². The number of hydrogen-bond acceptors (Lipinski definition) is 4. The fraction of sp³-hybridized carbons (Fsp3) is 1.00. The number of nitrogens with one attached hydrogen (secondary N) is 1. The fourth-order valence-corrected chi connectivity index (χ4v) is 2.23. The Morgan fingerprint density at radius 1 is 1.33 bits per heavy atom. The summed E-state index contributed by atoms with van der Waals surface area (Å²) in [6, 6.07) is 0.381. The van der Waals surface area contributed by atoms with Crippen LogP contribution in [0.2, 0.25) is 0 Å². The first-order valence-electron chi connectivity index (χ1n) is 5.70. The van der Waals surface area contributed by atoms with Gasteiger partial charge in [-0.25, -0.2) is 0 Å². The van der Waals surface area contributed by atoms with E-state index in [1.165, 1.54) is 12.8 Å². The van der Waals surface area contributed by atoms with Crippen molar-refractivity contribution in [2.75, 3.05) is 27.4 Å². The third-order valence-corrected chi connectivity index (χ3v) is 3.04. The minimum absolute atomic E-state index is 0.0238. The molecule has 0 aromatic heterocycles. The highest BCUT2D eigenvalue weighted by Gasteiger charge is 2.26. The summed E-state index contributed by atoms with van der Waals surface area (Å²) in [4.78, 5) is 0. The quantitative estimate of drug-likeness (QED) is 0.682. The van der Waals surface area contributed by atoms with Gasteiger partial charge in [-0.05, 0) is 12.8 Å². The van der Waals surface area contributed by atoms with Crippen LogP contribution in [0.3, 0.4) is 0 Å². The molecule has 1 saturated carbocycles. The summed E-state index contributed by atoms with van der Waals surface area (Å²) in [6.45, 7) is 0.657. The molecule has 3 atom stereocenters. The Labute approximate surface area is 92.0 Å². The lowest BCUT2D eigenvalue weighted by atomic mass is 9.92. The minimum Gasteiger partial charge on any atom is -0.395 e. The minimum atomic E-state index is 0.0238. The van der Waals surface area contributed by atoms with Crippen molar-refractivity contribution in [3.8, 4) is 0 Å². The van der Waals surface area contributed by atoms with Gasteiger partial charge in [0.25, 0.3) is 0 Å². The van der Waals surface area contributed by atoms with Crippen LogP contribution in [0.25, 0.3) is 0 Å². The van der Waals surface area contributed by atoms with Crippen LogP contribution >= 0.6 is 0 Å². The van der Waals surface area contributed by atoms with Gasteiger partial charge in [-0.2, -0.15) is 0 Å². The standard InChI is InChI=1S/C11H23NO3/c1-14-8-9(7-13)12-10-5-3-4-6-11(10)15-2/h9-13H,3-8H2,1-2H3. The van der Waals surface area contributed by atoms with Gasteiger partial charge in [0.1, 0.15) is 0 Å². The average molecular weight is 217 g/mol. The molecule has 0 radical (unpaired) electrons. The molecule has 0 aliphatic heterocycles. The van der Waals surface area contributed by atoms with Crippen LogP contribution in [0.1, 0.15) is 25.7 Å². The van der Waals surface area contributed by atoms with Gasteiger partial charge >= 0.3 is 0 Å². The van der Waals surface area contributed by atoms with Crippen LogP contribution in [0.4, 0.5) is 0 Å². The zero-order valence-electron chi connectivity index (χ0n) is 9.74. The largest absolute Gasteiger partial charge is 0.395 e. The predicted octanol–water partition coefficient (Wildman–Crippen LogP) is 0.541. The maximum absolute atomic E-state index is 9.16. The third-order valence-electron chi connectivity index (χ3n) is 3.04. The number of ether oxygens (including phenoxy) is 2. The molecule has 0 heterocycles. The number of aliphatic hydroxyl groups excluding tert-OH is 1. The topological polar surface area (TPSA) is 50.7 Å². The molecule has 1 aliphatic carbocycles. The highest BCUT2D eigenvalue weighted by molar-refractivity contribution is 4.84. The molecule has 3 unspecified atom stereocenters. The van der Waals surface area contributed by atoms with Crippen molar-refractivity contribution >= 4 is 0 Å². The Balaban J connectivity index is 2.38. The van der Waals surface area contributed by atoms with E-state index in [4.69, 9.17) is 14.6 Å². The molecular formula is C11H23NO3. The van der Waals surface area contributed by atoms with E-state index >= 15 is 0 Å². The molecule has 2 N–H and O–H groups in total. The number of methoxy groups -OCH3 is 2. The molecule has 1 fully saturated rings. The molecule has 1 aliphatic rings. The summed E-state index contributed by atoms with van der Waals surface area (Å²) < 4.78 is 10.5. The Morgan fingerprint density at radius 3 is 2.67 bits per heavy atom. The maximum Gasteiger partial charge on any atom is 0.0724 e. The van der Waals surface area contributed by atoms with Crippen molar-refractivity contribution in [2.45, 2.75) is 43.9 Å². The van der Waals surface area contributed by atoms with Gasteiger partial charge in [-0.3, -0.25) is 0 Å². The van der Waals surface area contributed by atoms with Crippen molar-refractivity contribution in [3.63, 3.8) is 0 Å². The average Bonchev–Trinajstić information content (AvgIpc) is 2.29. The molecule has 4 heteroatoms. The van der Waals surface area contributed by atoms with Crippen LogP contribution in [-0.4, -0.2) is 50.7 Å².